The average molecular weight is 332 g/mol. The van der Waals surface area contributed by atoms with Crippen molar-refractivity contribution in [3.8, 4) is 0 Å². The van der Waals surface area contributed by atoms with Gasteiger partial charge >= 0.3 is 0 Å². The second-order valence-corrected chi connectivity index (χ2v) is 7.17. The van der Waals surface area contributed by atoms with Gasteiger partial charge in [-0.15, -0.1) is 0 Å². The Hall–Kier alpha value is -1.78. The van der Waals surface area contributed by atoms with Crippen LogP contribution < -0.4 is 0 Å². The predicted molar refractivity (Wildman–Crippen MR) is 91.6 cm³/mol. The smallest absolute Gasteiger partial charge is 0.257 e. The Morgan fingerprint density at radius 2 is 1.75 bits per heavy atom. The van der Waals surface area contributed by atoms with Crippen LogP contribution in [0.5, 0.6) is 0 Å². The van der Waals surface area contributed by atoms with Crippen molar-refractivity contribution in [2.24, 2.45) is 5.92 Å². The van der Waals surface area contributed by atoms with Gasteiger partial charge in [-0.1, -0.05) is 25.7 Å². The zero-order chi connectivity index (χ0) is 16.9. The molecule has 2 amide bonds. The van der Waals surface area contributed by atoms with E-state index in [0.717, 1.165) is 25.7 Å². The van der Waals surface area contributed by atoms with Gasteiger partial charge in [0.2, 0.25) is 5.91 Å². The van der Waals surface area contributed by atoms with Gasteiger partial charge in [-0.05, 0) is 31.7 Å². The molecule has 0 spiro atoms. The summed E-state index contributed by atoms with van der Waals surface area (Å²) in [5.41, 5.74) is 0.593. The number of hydrogen-bond acceptors (Lipinski definition) is 3. The summed E-state index contributed by atoms with van der Waals surface area (Å²) in [6, 6.07) is 2.10. The number of nitrogens with zero attached hydrogens (tertiary/aromatic N) is 2. The van der Waals surface area contributed by atoms with E-state index in [0.29, 0.717) is 24.7 Å². The van der Waals surface area contributed by atoms with Crippen molar-refractivity contribution < 1.29 is 14.0 Å². The summed E-state index contributed by atoms with van der Waals surface area (Å²) < 4.78 is 4.99. The van der Waals surface area contributed by atoms with E-state index in [9.17, 15) is 9.59 Å². The number of piperidine rings is 1. The minimum atomic E-state index is 0.00627. The summed E-state index contributed by atoms with van der Waals surface area (Å²) in [5, 5.41) is 0. The molecule has 2 fully saturated rings. The van der Waals surface area contributed by atoms with Crippen molar-refractivity contribution in [2.45, 2.75) is 57.4 Å². The lowest BCUT2D eigenvalue weighted by Crippen LogP contribution is -2.46. The van der Waals surface area contributed by atoms with Gasteiger partial charge in [-0.3, -0.25) is 9.59 Å². The lowest BCUT2D eigenvalue weighted by molar-refractivity contribution is -0.138. The zero-order valence-corrected chi connectivity index (χ0v) is 14.6. The Labute approximate surface area is 144 Å². The summed E-state index contributed by atoms with van der Waals surface area (Å²) in [5.74, 6) is 0.343. The molecule has 1 saturated carbocycles. The van der Waals surface area contributed by atoms with Crippen LogP contribution in [0.25, 0.3) is 0 Å². The van der Waals surface area contributed by atoms with Crippen molar-refractivity contribution in [1.82, 2.24) is 9.80 Å². The fourth-order valence-corrected chi connectivity index (χ4v) is 4.01. The molecule has 3 rings (SSSR count). The molecule has 0 atom stereocenters. The molecule has 1 aromatic heterocycles. The maximum atomic E-state index is 12.8. The molecule has 132 valence electrons. The van der Waals surface area contributed by atoms with E-state index >= 15 is 0 Å². The first-order valence-corrected chi connectivity index (χ1v) is 9.25. The van der Waals surface area contributed by atoms with Crippen LogP contribution in [0.2, 0.25) is 0 Å². The number of amides is 2. The molecule has 1 aliphatic carbocycles. The molecule has 0 bridgehead atoms. The topological polar surface area (TPSA) is 53.8 Å². The summed E-state index contributed by atoms with van der Waals surface area (Å²) in [6.07, 6.45) is 11.9. The number of rotatable bonds is 3. The molecule has 5 heteroatoms. The first kappa shape index (κ1) is 17.1. The van der Waals surface area contributed by atoms with E-state index in [1.54, 1.807) is 6.07 Å². The minimum absolute atomic E-state index is 0.00627. The van der Waals surface area contributed by atoms with Gasteiger partial charge in [0.25, 0.3) is 5.91 Å². The molecule has 24 heavy (non-hydrogen) atoms. The molecule has 1 saturated heterocycles. The van der Waals surface area contributed by atoms with E-state index < -0.39 is 0 Å². The average Bonchev–Trinajstić information content (AvgIpc) is 3.02. The van der Waals surface area contributed by atoms with Crippen LogP contribution >= 0.6 is 0 Å². The third-order valence-electron chi connectivity index (χ3n) is 5.62. The van der Waals surface area contributed by atoms with Crippen LogP contribution in [0.4, 0.5) is 0 Å². The van der Waals surface area contributed by atoms with Gasteiger partial charge in [-0.2, -0.15) is 0 Å². The predicted octanol–water partition coefficient (Wildman–Crippen LogP) is 3.31. The summed E-state index contributed by atoms with van der Waals surface area (Å²) in [6.45, 7) is 1.30. The SMILES string of the molecule is CN(C(=O)C1CCN(C(=O)c2ccoc2)CC1)C1CCCCCC1. The Bertz CT molecular complexity index is 539. The molecular formula is C19H28N2O3. The minimum Gasteiger partial charge on any atom is -0.472 e. The molecule has 0 aromatic carbocycles. The van der Waals surface area contributed by atoms with Crippen LogP contribution in [0.1, 0.15) is 61.7 Å². The number of likely N-dealkylation sites (tertiary alicyclic amines) is 1. The maximum Gasteiger partial charge on any atom is 0.257 e. The fourth-order valence-electron chi connectivity index (χ4n) is 4.01. The Morgan fingerprint density at radius 1 is 1.08 bits per heavy atom. The van der Waals surface area contributed by atoms with Gasteiger partial charge in [0, 0.05) is 32.1 Å². The van der Waals surface area contributed by atoms with Crippen molar-refractivity contribution in [3.05, 3.63) is 24.2 Å². The second kappa shape index (κ2) is 7.86. The zero-order valence-electron chi connectivity index (χ0n) is 14.6. The van der Waals surface area contributed by atoms with Crippen LogP contribution in [0.3, 0.4) is 0 Å². The van der Waals surface area contributed by atoms with Crippen LogP contribution in [0.15, 0.2) is 23.0 Å². The molecule has 5 nitrogen and oxygen atoms in total. The third-order valence-corrected chi connectivity index (χ3v) is 5.62. The lowest BCUT2D eigenvalue weighted by atomic mass is 9.94. The molecule has 2 aliphatic rings. The Balaban J connectivity index is 1.52. The van der Waals surface area contributed by atoms with Crippen molar-refractivity contribution in [2.75, 3.05) is 20.1 Å². The van der Waals surface area contributed by atoms with Crippen LogP contribution in [-0.4, -0.2) is 47.8 Å². The van der Waals surface area contributed by atoms with E-state index in [-0.39, 0.29) is 17.7 Å². The molecule has 0 unspecified atom stereocenters. The van der Waals surface area contributed by atoms with E-state index in [4.69, 9.17) is 4.42 Å². The normalized spacial score (nSPS) is 20.6. The number of hydrogen-bond donors (Lipinski definition) is 0. The van der Waals surface area contributed by atoms with Gasteiger partial charge < -0.3 is 14.2 Å². The Kier molecular flexibility index (Phi) is 5.59. The highest BCUT2D eigenvalue weighted by Gasteiger charge is 2.32. The van der Waals surface area contributed by atoms with Crippen molar-refractivity contribution in [3.63, 3.8) is 0 Å². The standard InChI is InChI=1S/C19H28N2O3/c1-20(17-6-4-2-3-5-7-17)18(22)15-8-11-21(12-9-15)19(23)16-10-13-24-14-16/h10,13-15,17H,2-9,11-12H2,1H3. The van der Waals surface area contributed by atoms with Gasteiger partial charge in [0.05, 0.1) is 11.8 Å². The fraction of sp³-hybridized carbons (Fsp3) is 0.684. The largest absolute Gasteiger partial charge is 0.472 e. The number of furan rings is 1. The van der Waals surface area contributed by atoms with Gasteiger partial charge in [0.1, 0.15) is 6.26 Å². The quantitative estimate of drug-likeness (QED) is 0.798. The van der Waals surface area contributed by atoms with E-state index in [2.05, 4.69) is 0 Å². The molecule has 1 aromatic rings. The number of carbonyl (C=O) groups is 2. The first-order valence-electron chi connectivity index (χ1n) is 9.25. The highest BCUT2D eigenvalue weighted by Crippen LogP contribution is 2.26. The molecule has 1 aliphatic heterocycles. The summed E-state index contributed by atoms with van der Waals surface area (Å²) in [4.78, 5) is 29.0. The molecule has 0 N–H and O–H groups in total. The Morgan fingerprint density at radius 3 is 2.33 bits per heavy atom. The number of carbonyl (C=O) groups excluding carboxylic acids is 2. The molecule has 2 heterocycles. The molecule has 0 radical (unpaired) electrons. The van der Waals surface area contributed by atoms with Crippen LogP contribution in [-0.2, 0) is 4.79 Å². The highest BCUT2D eigenvalue weighted by molar-refractivity contribution is 5.94. The maximum absolute atomic E-state index is 12.8. The third kappa shape index (κ3) is 3.82. The van der Waals surface area contributed by atoms with Crippen molar-refractivity contribution >= 4 is 11.8 Å². The van der Waals surface area contributed by atoms with Gasteiger partial charge in [0.15, 0.2) is 0 Å². The van der Waals surface area contributed by atoms with E-state index in [1.165, 1.54) is 38.2 Å². The first-order chi connectivity index (χ1) is 11.7. The van der Waals surface area contributed by atoms with E-state index in [1.807, 2.05) is 16.8 Å². The van der Waals surface area contributed by atoms with Gasteiger partial charge in [-0.25, -0.2) is 0 Å². The summed E-state index contributed by atoms with van der Waals surface area (Å²) >= 11 is 0. The molecular weight excluding hydrogens is 304 g/mol. The van der Waals surface area contributed by atoms with Crippen molar-refractivity contribution in [1.29, 1.82) is 0 Å². The lowest BCUT2D eigenvalue weighted by Gasteiger charge is -2.35. The van der Waals surface area contributed by atoms with Crippen LogP contribution in [0, 0.1) is 5.92 Å². The summed E-state index contributed by atoms with van der Waals surface area (Å²) in [7, 11) is 1.97. The monoisotopic (exact) mass is 332 g/mol. The highest BCUT2D eigenvalue weighted by atomic mass is 16.3. The second-order valence-electron chi connectivity index (χ2n) is 7.17.